The van der Waals surface area contributed by atoms with Gasteiger partial charge in [0.15, 0.2) is 0 Å². The molecule has 1 aliphatic heterocycles. The molecule has 0 aliphatic carbocycles. The molecule has 1 unspecified atom stereocenters. The summed E-state index contributed by atoms with van der Waals surface area (Å²) in [6, 6.07) is 12.9. The first-order valence-electron chi connectivity index (χ1n) is 9.12. The summed E-state index contributed by atoms with van der Waals surface area (Å²) in [5.74, 6) is 0.289. The molecule has 132 valence electrons. The zero-order chi connectivity index (χ0) is 18.0. The molecule has 0 N–H and O–H groups in total. The molecule has 0 fully saturated rings. The number of hydrogen-bond acceptors (Lipinski definition) is 2. The fraction of sp³-hybridized carbons (Fsp3) is 0.409. The number of fused-ring (bicyclic) bond motifs is 1. The first-order chi connectivity index (χ1) is 11.9. The normalized spacial score (nSPS) is 19.2. The van der Waals surface area contributed by atoms with Crippen molar-refractivity contribution in [3.05, 3.63) is 59.4 Å². The van der Waals surface area contributed by atoms with Crippen LogP contribution in [-0.4, -0.2) is 18.3 Å². The SMILES string of the molecule is CCCN1c2ccc(C=Nc3ccc(F)cc3)cc2C(C)CC1(C)C. The average Bonchev–Trinajstić information content (AvgIpc) is 2.58. The summed E-state index contributed by atoms with van der Waals surface area (Å²) in [6.45, 7) is 10.3. The minimum absolute atomic E-state index is 0.187. The van der Waals surface area contributed by atoms with Gasteiger partial charge in [0.1, 0.15) is 5.82 Å². The molecule has 25 heavy (non-hydrogen) atoms. The van der Waals surface area contributed by atoms with Gasteiger partial charge in [-0.1, -0.05) is 19.9 Å². The van der Waals surface area contributed by atoms with Gasteiger partial charge in [-0.15, -0.1) is 0 Å². The minimum atomic E-state index is -0.236. The molecule has 2 aromatic rings. The molecule has 1 aliphatic rings. The molecule has 1 atom stereocenters. The molecule has 0 bridgehead atoms. The van der Waals surface area contributed by atoms with Crippen LogP contribution >= 0.6 is 0 Å². The lowest BCUT2D eigenvalue weighted by atomic mass is 9.79. The Morgan fingerprint density at radius 3 is 2.60 bits per heavy atom. The molecule has 0 radical (unpaired) electrons. The lowest BCUT2D eigenvalue weighted by Gasteiger charge is -2.47. The summed E-state index contributed by atoms with van der Waals surface area (Å²) in [4.78, 5) is 7.02. The van der Waals surface area contributed by atoms with Gasteiger partial charge in [-0.05, 0) is 80.1 Å². The molecule has 0 aromatic heterocycles. The lowest BCUT2D eigenvalue weighted by Crippen LogP contribution is -2.48. The van der Waals surface area contributed by atoms with Crippen LogP contribution in [-0.2, 0) is 0 Å². The Bertz CT molecular complexity index is 762. The van der Waals surface area contributed by atoms with E-state index in [4.69, 9.17) is 0 Å². The molecule has 0 saturated carbocycles. The second kappa shape index (κ2) is 6.99. The average molecular weight is 338 g/mol. The maximum absolute atomic E-state index is 13.0. The van der Waals surface area contributed by atoms with E-state index in [1.54, 1.807) is 12.1 Å². The Hall–Kier alpha value is -2.16. The van der Waals surface area contributed by atoms with Crippen LogP contribution in [0.1, 0.15) is 57.6 Å². The summed E-state index contributed by atoms with van der Waals surface area (Å²) >= 11 is 0. The molecule has 0 amide bonds. The van der Waals surface area contributed by atoms with Gasteiger partial charge in [-0.2, -0.15) is 0 Å². The van der Waals surface area contributed by atoms with Crippen molar-refractivity contribution in [3.8, 4) is 0 Å². The Morgan fingerprint density at radius 2 is 1.92 bits per heavy atom. The second-order valence-electron chi connectivity index (χ2n) is 7.62. The Labute approximate surface area is 150 Å². The Morgan fingerprint density at radius 1 is 1.20 bits per heavy atom. The van der Waals surface area contributed by atoms with Gasteiger partial charge >= 0.3 is 0 Å². The highest BCUT2D eigenvalue weighted by Gasteiger charge is 2.35. The van der Waals surface area contributed by atoms with Crippen molar-refractivity contribution in [1.82, 2.24) is 0 Å². The Kier molecular flexibility index (Phi) is 4.94. The standard InChI is InChI=1S/C22H27FN2/c1-5-12-25-21-11-6-17(13-20(21)16(2)14-22(25,3)4)15-24-19-9-7-18(23)8-10-19/h6-11,13,15-16H,5,12,14H2,1-4H3. The van der Waals surface area contributed by atoms with Crippen LogP contribution in [0.3, 0.4) is 0 Å². The van der Waals surface area contributed by atoms with Gasteiger partial charge in [0.05, 0.1) is 5.69 Å². The fourth-order valence-corrected chi connectivity index (χ4v) is 3.91. The van der Waals surface area contributed by atoms with Crippen LogP contribution in [0.5, 0.6) is 0 Å². The van der Waals surface area contributed by atoms with Gasteiger partial charge < -0.3 is 4.90 Å². The van der Waals surface area contributed by atoms with Gasteiger partial charge in [0.25, 0.3) is 0 Å². The molecular weight excluding hydrogens is 311 g/mol. The summed E-state index contributed by atoms with van der Waals surface area (Å²) in [5.41, 5.74) is 4.79. The first-order valence-corrected chi connectivity index (χ1v) is 9.12. The molecule has 1 heterocycles. The highest BCUT2D eigenvalue weighted by Crippen LogP contribution is 2.43. The van der Waals surface area contributed by atoms with E-state index in [2.05, 4.69) is 55.8 Å². The number of rotatable bonds is 4. The highest BCUT2D eigenvalue weighted by molar-refractivity contribution is 5.83. The fourth-order valence-electron chi connectivity index (χ4n) is 3.91. The molecule has 0 spiro atoms. The number of aliphatic imine (C=N–C) groups is 1. The molecule has 2 aromatic carbocycles. The van der Waals surface area contributed by atoms with E-state index in [0.29, 0.717) is 5.92 Å². The van der Waals surface area contributed by atoms with Crippen LogP contribution in [0.15, 0.2) is 47.5 Å². The van der Waals surface area contributed by atoms with Gasteiger partial charge in [-0.25, -0.2) is 4.39 Å². The molecule has 3 rings (SSSR count). The van der Waals surface area contributed by atoms with Gasteiger partial charge in [-0.3, -0.25) is 4.99 Å². The predicted octanol–water partition coefficient (Wildman–Crippen LogP) is 6.08. The first kappa shape index (κ1) is 17.7. The molecule has 0 saturated heterocycles. The monoisotopic (exact) mass is 338 g/mol. The zero-order valence-electron chi connectivity index (χ0n) is 15.6. The number of hydrogen-bond donors (Lipinski definition) is 0. The number of benzene rings is 2. The molecule has 3 heteroatoms. The number of nitrogens with zero attached hydrogens (tertiary/aromatic N) is 2. The topological polar surface area (TPSA) is 15.6 Å². The smallest absolute Gasteiger partial charge is 0.123 e. The quantitative estimate of drug-likeness (QED) is 0.617. The third-order valence-corrected chi connectivity index (χ3v) is 5.05. The maximum atomic E-state index is 13.0. The Balaban J connectivity index is 1.90. The van der Waals surface area contributed by atoms with Crippen molar-refractivity contribution >= 4 is 17.6 Å². The number of halogens is 1. The van der Waals surface area contributed by atoms with E-state index < -0.39 is 0 Å². The van der Waals surface area contributed by atoms with Crippen molar-refractivity contribution in [3.63, 3.8) is 0 Å². The van der Waals surface area contributed by atoms with Crippen molar-refractivity contribution in [2.24, 2.45) is 4.99 Å². The third kappa shape index (κ3) is 3.76. The largest absolute Gasteiger partial charge is 0.366 e. The predicted molar refractivity (Wildman–Crippen MR) is 105 cm³/mol. The van der Waals surface area contributed by atoms with Crippen LogP contribution in [0, 0.1) is 5.82 Å². The van der Waals surface area contributed by atoms with E-state index in [0.717, 1.165) is 30.6 Å². The van der Waals surface area contributed by atoms with E-state index >= 15 is 0 Å². The summed E-state index contributed by atoms with van der Waals surface area (Å²) in [5, 5.41) is 0. The van der Waals surface area contributed by atoms with Crippen LogP contribution in [0.2, 0.25) is 0 Å². The van der Waals surface area contributed by atoms with Gasteiger partial charge in [0.2, 0.25) is 0 Å². The highest BCUT2D eigenvalue weighted by atomic mass is 19.1. The second-order valence-corrected chi connectivity index (χ2v) is 7.62. The van der Waals surface area contributed by atoms with Crippen molar-refractivity contribution in [2.45, 2.75) is 52.0 Å². The maximum Gasteiger partial charge on any atom is 0.123 e. The van der Waals surface area contributed by atoms with Crippen molar-refractivity contribution in [2.75, 3.05) is 11.4 Å². The van der Waals surface area contributed by atoms with E-state index in [-0.39, 0.29) is 11.4 Å². The lowest BCUT2D eigenvalue weighted by molar-refractivity contribution is 0.376. The van der Waals surface area contributed by atoms with Crippen molar-refractivity contribution < 1.29 is 4.39 Å². The minimum Gasteiger partial charge on any atom is -0.366 e. The third-order valence-electron chi connectivity index (χ3n) is 5.05. The van der Waals surface area contributed by atoms with Crippen LogP contribution in [0.25, 0.3) is 0 Å². The molecule has 2 nitrogen and oxygen atoms in total. The van der Waals surface area contributed by atoms with Crippen molar-refractivity contribution in [1.29, 1.82) is 0 Å². The zero-order valence-corrected chi connectivity index (χ0v) is 15.6. The summed E-state index contributed by atoms with van der Waals surface area (Å²) < 4.78 is 13.0. The van der Waals surface area contributed by atoms with E-state index in [1.165, 1.54) is 23.4 Å². The summed E-state index contributed by atoms with van der Waals surface area (Å²) in [7, 11) is 0. The van der Waals surface area contributed by atoms with Crippen LogP contribution in [0.4, 0.5) is 15.8 Å². The van der Waals surface area contributed by atoms with E-state index in [1.807, 2.05) is 6.21 Å². The van der Waals surface area contributed by atoms with Gasteiger partial charge in [0, 0.05) is 24.0 Å². The van der Waals surface area contributed by atoms with Crippen LogP contribution < -0.4 is 4.90 Å². The van der Waals surface area contributed by atoms with E-state index in [9.17, 15) is 4.39 Å². The molecular formula is C22H27FN2. The summed E-state index contributed by atoms with van der Waals surface area (Å²) in [6.07, 6.45) is 4.16. The number of anilines is 1.